The zero-order chi connectivity index (χ0) is 20.0. The first-order valence-electron chi connectivity index (χ1n) is 9.34. The number of carbonyl (C=O) groups is 2. The Morgan fingerprint density at radius 2 is 1.71 bits per heavy atom. The van der Waals surface area contributed by atoms with Crippen molar-refractivity contribution < 1.29 is 23.8 Å². The van der Waals surface area contributed by atoms with Gasteiger partial charge in [-0.2, -0.15) is 0 Å². The third-order valence-electron chi connectivity index (χ3n) is 5.19. The van der Waals surface area contributed by atoms with E-state index in [1.807, 2.05) is 30.3 Å². The van der Waals surface area contributed by atoms with Crippen LogP contribution in [0, 0.1) is 0 Å². The molecule has 3 rings (SSSR count). The molecular formula is C22H25NO5. The normalized spacial score (nSPS) is 14.9. The van der Waals surface area contributed by atoms with Crippen LogP contribution in [0.4, 0.5) is 5.69 Å². The molecule has 0 radical (unpaired) electrons. The van der Waals surface area contributed by atoms with Crippen molar-refractivity contribution in [1.29, 1.82) is 0 Å². The Labute approximate surface area is 164 Å². The molecule has 2 aromatic carbocycles. The Bertz CT molecular complexity index is 828. The molecule has 1 saturated carbocycles. The molecule has 0 spiro atoms. The molecule has 6 heteroatoms. The van der Waals surface area contributed by atoms with Crippen LogP contribution in [-0.4, -0.2) is 32.7 Å². The second-order valence-corrected chi connectivity index (χ2v) is 6.85. The highest BCUT2D eigenvalue weighted by molar-refractivity contribution is 5.95. The molecule has 148 valence electrons. The summed E-state index contributed by atoms with van der Waals surface area (Å²) in [6.45, 7) is -0.345. The van der Waals surface area contributed by atoms with Crippen molar-refractivity contribution in [1.82, 2.24) is 0 Å². The van der Waals surface area contributed by atoms with E-state index in [2.05, 4.69) is 5.32 Å². The molecule has 28 heavy (non-hydrogen) atoms. The number of nitrogens with one attached hydrogen (secondary N) is 1. The first kappa shape index (κ1) is 19.7. The van der Waals surface area contributed by atoms with Gasteiger partial charge in [-0.3, -0.25) is 9.59 Å². The zero-order valence-corrected chi connectivity index (χ0v) is 16.2. The van der Waals surface area contributed by atoms with Crippen LogP contribution < -0.4 is 14.8 Å². The number of carbonyl (C=O) groups excluding carboxylic acids is 2. The van der Waals surface area contributed by atoms with E-state index in [4.69, 9.17) is 14.2 Å². The summed E-state index contributed by atoms with van der Waals surface area (Å²) < 4.78 is 15.8. The Morgan fingerprint density at radius 1 is 1.00 bits per heavy atom. The lowest BCUT2D eigenvalue weighted by atomic mass is 9.79. The lowest BCUT2D eigenvalue weighted by molar-refractivity contribution is -0.153. The van der Waals surface area contributed by atoms with Gasteiger partial charge in [0.05, 0.1) is 25.3 Å². The van der Waals surface area contributed by atoms with Gasteiger partial charge in [-0.1, -0.05) is 43.2 Å². The molecule has 6 nitrogen and oxygen atoms in total. The van der Waals surface area contributed by atoms with Gasteiger partial charge < -0.3 is 19.5 Å². The number of anilines is 1. The SMILES string of the molecule is COc1ccc(NC(=O)COC(=O)C2(c3ccccc3)CCCC2)c(OC)c1. The number of amides is 1. The van der Waals surface area contributed by atoms with Gasteiger partial charge in [0.25, 0.3) is 5.91 Å². The van der Waals surface area contributed by atoms with Crippen molar-refractivity contribution in [3.05, 3.63) is 54.1 Å². The summed E-state index contributed by atoms with van der Waals surface area (Å²) >= 11 is 0. The number of esters is 1. The number of ether oxygens (including phenoxy) is 3. The average Bonchev–Trinajstić information content (AvgIpc) is 3.24. The van der Waals surface area contributed by atoms with Crippen LogP contribution in [0.1, 0.15) is 31.2 Å². The van der Waals surface area contributed by atoms with Gasteiger partial charge in [0, 0.05) is 6.07 Å². The number of methoxy groups -OCH3 is 2. The minimum Gasteiger partial charge on any atom is -0.497 e. The van der Waals surface area contributed by atoms with Crippen molar-refractivity contribution in [2.45, 2.75) is 31.1 Å². The number of hydrogen-bond acceptors (Lipinski definition) is 5. The summed E-state index contributed by atoms with van der Waals surface area (Å²) in [5, 5.41) is 2.71. The van der Waals surface area contributed by atoms with Crippen molar-refractivity contribution in [3.63, 3.8) is 0 Å². The Morgan fingerprint density at radius 3 is 2.36 bits per heavy atom. The summed E-state index contributed by atoms with van der Waals surface area (Å²) in [5.74, 6) is 0.328. The van der Waals surface area contributed by atoms with Crippen LogP contribution in [0.15, 0.2) is 48.5 Å². The van der Waals surface area contributed by atoms with Gasteiger partial charge in [0.2, 0.25) is 0 Å². The molecule has 1 aliphatic rings. The van der Waals surface area contributed by atoms with Gasteiger partial charge in [0.1, 0.15) is 11.5 Å². The second-order valence-electron chi connectivity index (χ2n) is 6.85. The molecule has 0 atom stereocenters. The summed E-state index contributed by atoms with van der Waals surface area (Å²) in [6.07, 6.45) is 3.42. The highest BCUT2D eigenvalue weighted by Crippen LogP contribution is 2.42. The zero-order valence-electron chi connectivity index (χ0n) is 16.2. The molecule has 1 aliphatic carbocycles. The molecule has 0 saturated heterocycles. The largest absolute Gasteiger partial charge is 0.497 e. The predicted octanol–water partition coefficient (Wildman–Crippen LogP) is 3.70. The van der Waals surface area contributed by atoms with Crippen LogP contribution in [0.5, 0.6) is 11.5 Å². The predicted molar refractivity (Wildman–Crippen MR) is 106 cm³/mol. The van der Waals surface area contributed by atoms with E-state index < -0.39 is 11.3 Å². The molecule has 2 aromatic rings. The average molecular weight is 383 g/mol. The van der Waals surface area contributed by atoms with E-state index in [1.54, 1.807) is 25.3 Å². The fourth-order valence-corrected chi connectivity index (χ4v) is 3.70. The van der Waals surface area contributed by atoms with Gasteiger partial charge in [-0.05, 0) is 30.5 Å². The van der Waals surface area contributed by atoms with E-state index in [0.717, 1.165) is 31.2 Å². The van der Waals surface area contributed by atoms with Crippen molar-refractivity contribution >= 4 is 17.6 Å². The maximum atomic E-state index is 12.9. The Kier molecular flexibility index (Phi) is 6.19. The third kappa shape index (κ3) is 4.11. The molecule has 0 heterocycles. The molecule has 0 bridgehead atoms. The lowest BCUT2D eigenvalue weighted by Crippen LogP contribution is -2.36. The van der Waals surface area contributed by atoms with Crippen molar-refractivity contribution in [3.8, 4) is 11.5 Å². The van der Waals surface area contributed by atoms with E-state index in [-0.39, 0.29) is 12.6 Å². The van der Waals surface area contributed by atoms with E-state index >= 15 is 0 Å². The molecule has 0 unspecified atom stereocenters. The molecular weight excluding hydrogens is 358 g/mol. The van der Waals surface area contributed by atoms with E-state index in [1.165, 1.54) is 7.11 Å². The van der Waals surface area contributed by atoms with Crippen LogP contribution >= 0.6 is 0 Å². The van der Waals surface area contributed by atoms with E-state index in [9.17, 15) is 9.59 Å². The fraction of sp³-hybridized carbons (Fsp3) is 0.364. The highest BCUT2D eigenvalue weighted by Gasteiger charge is 2.44. The number of hydrogen-bond donors (Lipinski definition) is 1. The van der Waals surface area contributed by atoms with Gasteiger partial charge in [0.15, 0.2) is 6.61 Å². The molecule has 1 amide bonds. The lowest BCUT2D eigenvalue weighted by Gasteiger charge is -2.27. The Balaban J connectivity index is 1.65. The minimum atomic E-state index is -0.653. The van der Waals surface area contributed by atoms with Gasteiger partial charge in [-0.25, -0.2) is 0 Å². The third-order valence-corrected chi connectivity index (χ3v) is 5.19. The van der Waals surface area contributed by atoms with Crippen LogP contribution in [0.25, 0.3) is 0 Å². The fourth-order valence-electron chi connectivity index (χ4n) is 3.70. The van der Waals surface area contributed by atoms with Gasteiger partial charge >= 0.3 is 5.97 Å². The molecule has 1 fully saturated rings. The second kappa shape index (κ2) is 8.78. The standard InChI is InChI=1S/C22H25NO5/c1-26-17-10-11-18(19(14-17)27-2)23-20(24)15-28-21(25)22(12-6-7-13-22)16-8-4-3-5-9-16/h3-5,8-11,14H,6-7,12-13,15H2,1-2H3,(H,23,24). The molecule has 0 aromatic heterocycles. The van der Waals surface area contributed by atoms with Crippen LogP contribution in [0.3, 0.4) is 0 Å². The smallest absolute Gasteiger partial charge is 0.317 e. The number of rotatable bonds is 7. The Hall–Kier alpha value is -3.02. The maximum absolute atomic E-state index is 12.9. The van der Waals surface area contributed by atoms with Crippen molar-refractivity contribution in [2.75, 3.05) is 26.1 Å². The number of benzene rings is 2. The van der Waals surface area contributed by atoms with Crippen LogP contribution in [0.2, 0.25) is 0 Å². The summed E-state index contributed by atoms with van der Waals surface area (Å²) in [7, 11) is 3.06. The summed E-state index contributed by atoms with van der Waals surface area (Å²) in [6, 6.07) is 14.7. The first-order chi connectivity index (χ1) is 13.6. The quantitative estimate of drug-likeness (QED) is 0.738. The minimum absolute atomic E-state index is 0.340. The van der Waals surface area contributed by atoms with Crippen LogP contribution in [-0.2, 0) is 19.7 Å². The maximum Gasteiger partial charge on any atom is 0.317 e. The van der Waals surface area contributed by atoms with E-state index in [0.29, 0.717) is 17.2 Å². The highest BCUT2D eigenvalue weighted by atomic mass is 16.5. The molecule has 1 N–H and O–H groups in total. The topological polar surface area (TPSA) is 73.9 Å². The summed E-state index contributed by atoms with van der Waals surface area (Å²) in [4.78, 5) is 25.2. The van der Waals surface area contributed by atoms with Crippen molar-refractivity contribution in [2.24, 2.45) is 0 Å². The summed E-state index contributed by atoms with van der Waals surface area (Å²) in [5.41, 5.74) is 0.789. The monoisotopic (exact) mass is 383 g/mol. The molecule has 0 aliphatic heterocycles. The first-order valence-corrected chi connectivity index (χ1v) is 9.34. The van der Waals surface area contributed by atoms with Gasteiger partial charge in [-0.15, -0.1) is 0 Å².